The van der Waals surface area contributed by atoms with Gasteiger partial charge in [0.05, 0.1) is 12.6 Å². The Hall–Kier alpha value is -1.65. The van der Waals surface area contributed by atoms with E-state index in [0.29, 0.717) is 23.9 Å². The van der Waals surface area contributed by atoms with Crippen molar-refractivity contribution in [3.05, 3.63) is 47.5 Å². The molecule has 0 bridgehead atoms. The van der Waals surface area contributed by atoms with Crippen molar-refractivity contribution < 1.29 is 13.5 Å². The zero-order chi connectivity index (χ0) is 14.8. The summed E-state index contributed by atoms with van der Waals surface area (Å²) in [6.45, 7) is 5.31. The number of furan rings is 1. The molecule has 21 heavy (non-hydrogen) atoms. The smallest absolute Gasteiger partial charge is 0.134 e. The highest BCUT2D eigenvalue weighted by Crippen LogP contribution is 2.27. The number of benzene rings is 1. The van der Waals surface area contributed by atoms with Gasteiger partial charge in [0.15, 0.2) is 0 Å². The number of hydrogen-bond donors (Lipinski definition) is 1. The fraction of sp³-hybridized carbons (Fsp3) is 0.412. The second-order valence-corrected chi connectivity index (χ2v) is 5.53. The summed E-state index contributed by atoms with van der Waals surface area (Å²) in [5, 5.41) is 3.45. The van der Waals surface area contributed by atoms with Gasteiger partial charge in [-0.25, -0.2) is 4.39 Å². The van der Waals surface area contributed by atoms with E-state index in [4.69, 9.17) is 9.15 Å². The predicted octanol–water partition coefficient (Wildman–Crippen LogP) is 3.66. The van der Waals surface area contributed by atoms with Gasteiger partial charge in [0.2, 0.25) is 0 Å². The van der Waals surface area contributed by atoms with Gasteiger partial charge in [0.25, 0.3) is 0 Å². The minimum atomic E-state index is -0.208. The van der Waals surface area contributed by atoms with Crippen molar-refractivity contribution in [2.75, 3.05) is 6.61 Å². The molecule has 1 fully saturated rings. The maximum atomic E-state index is 13.6. The van der Waals surface area contributed by atoms with Gasteiger partial charge in [-0.15, -0.1) is 0 Å². The minimum absolute atomic E-state index is 0.208. The molecule has 1 aliphatic heterocycles. The van der Waals surface area contributed by atoms with Crippen LogP contribution in [0, 0.1) is 12.7 Å². The molecule has 3 nitrogen and oxygen atoms in total. The molecule has 2 atom stereocenters. The monoisotopic (exact) mass is 289 g/mol. The van der Waals surface area contributed by atoms with Crippen molar-refractivity contribution in [1.82, 2.24) is 5.32 Å². The number of rotatable bonds is 4. The van der Waals surface area contributed by atoms with Crippen molar-refractivity contribution in [2.45, 2.75) is 39.0 Å². The molecule has 0 spiro atoms. The van der Waals surface area contributed by atoms with Gasteiger partial charge in [-0.1, -0.05) is 12.1 Å². The number of ether oxygens (including phenoxy) is 1. The molecule has 0 saturated carbocycles. The standard InChI is InChI=1S/C17H20FNO2/c1-11-14(4-3-5-15(11)18)17-7-6-13(21-17)10-19-16-8-9-20-12(16)2/h3-7,12,16,19H,8-10H2,1-2H3/t12-,16+/m0/s1. The lowest BCUT2D eigenvalue weighted by atomic mass is 10.1. The lowest BCUT2D eigenvalue weighted by Crippen LogP contribution is -2.33. The van der Waals surface area contributed by atoms with Gasteiger partial charge >= 0.3 is 0 Å². The lowest BCUT2D eigenvalue weighted by Gasteiger charge is -2.14. The molecule has 0 aliphatic carbocycles. The van der Waals surface area contributed by atoms with Gasteiger partial charge in [-0.3, -0.25) is 0 Å². The third-order valence-corrected chi connectivity index (χ3v) is 4.11. The fourth-order valence-electron chi connectivity index (χ4n) is 2.72. The molecule has 3 rings (SSSR count). The van der Waals surface area contributed by atoms with E-state index in [1.807, 2.05) is 18.2 Å². The second-order valence-electron chi connectivity index (χ2n) is 5.53. The zero-order valence-electron chi connectivity index (χ0n) is 12.4. The van der Waals surface area contributed by atoms with Crippen LogP contribution in [0.2, 0.25) is 0 Å². The van der Waals surface area contributed by atoms with Crippen molar-refractivity contribution >= 4 is 0 Å². The topological polar surface area (TPSA) is 34.4 Å². The summed E-state index contributed by atoms with van der Waals surface area (Å²) in [6.07, 6.45) is 1.27. The third kappa shape index (κ3) is 3.01. The van der Waals surface area contributed by atoms with Crippen molar-refractivity contribution in [3.8, 4) is 11.3 Å². The fourth-order valence-corrected chi connectivity index (χ4v) is 2.72. The maximum Gasteiger partial charge on any atom is 0.134 e. The molecular weight excluding hydrogens is 269 g/mol. The third-order valence-electron chi connectivity index (χ3n) is 4.11. The minimum Gasteiger partial charge on any atom is -0.460 e. The Kier molecular flexibility index (Phi) is 4.08. The van der Waals surface area contributed by atoms with Gasteiger partial charge < -0.3 is 14.5 Å². The number of hydrogen-bond acceptors (Lipinski definition) is 3. The van der Waals surface area contributed by atoms with E-state index < -0.39 is 0 Å². The van der Waals surface area contributed by atoms with Gasteiger partial charge in [0.1, 0.15) is 17.3 Å². The van der Waals surface area contributed by atoms with Crippen LogP contribution >= 0.6 is 0 Å². The van der Waals surface area contributed by atoms with E-state index in [1.54, 1.807) is 13.0 Å². The highest BCUT2D eigenvalue weighted by molar-refractivity contribution is 5.62. The molecule has 2 aromatic rings. The van der Waals surface area contributed by atoms with E-state index in [2.05, 4.69) is 12.2 Å². The van der Waals surface area contributed by atoms with Crippen LogP contribution in [0.15, 0.2) is 34.7 Å². The van der Waals surface area contributed by atoms with E-state index >= 15 is 0 Å². The molecule has 1 aliphatic rings. The van der Waals surface area contributed by atoms with Crippen molar-refractivity contribution in [1.29, 1.82) is 0 Å². The summed E-state index contributed by atoms with van der Waals surface area (Å²) < 4.78 is 25.0. The zero-order valence-corrected chi connectivity index (χ0v) is 12.4. The SMILES string of the molecule is Cc1c(F)cccc1-c1ccc(CN[C@@H]2CCO[C@H]2C)o1. The van der Waals surface area contributed by atoms with Crippen LogP contribution in [0.5, 0.6) is 0 Å². The second kappa shape index (κ2) is 6.00. The Balaban J connectivity index is 1.70. The maximum absolute atomic E-state index is 13.6. The first-order chi connectivity index (χ1) is 10.1. The molecular formula is C17H20FNO2. The summed E-state index contributed by atoms with van der Waals surface area (Å²) in [4.78, 5) is 0. The van der Waals surface area contributed by atoms with Crippen LogP contribution in [0.25, 0.3) is 11.3 Å². The quantitative estimate of drug-likeness (QED) is 0.932. The summed E-state index contributed by atoms with van der Waals surface area (Å²) in [5.74, 6) is 1.35. The Morgan fingerprint density at radius 3 is 2.90 bits per heavy atom. The van der Waals surface area contributed by atoms with E-state index in [-0.39, 0.29) is 11.9 Å². The molecule has 1 N–H and O–H groups in total. The van der Waals surface area contributed by atoms with Gasteiger partial charge in [-0.05, 0) is 44.0 Å². The highest BCUT2D eigenvalue weighted by atomic mass is 19.1. The number of halogens is 1. The van der Waals surface area contributed by atoms with Crippen LogP contribution in [0.4, 0.5) is 4.39 Å². The largest absolute Gasteiger partial charge is 0.460 e. The average molecular weight is 289 g/mol. The molecule has 2 heterocycles. The summed E-state index contributed by atoms with van der Waals surface area (Å²) in [6, 6.07) is 9.25. The van der Waals surface area contributed by atoms with E-state index in [0.717, 1.165) is 24.4 Å². The van der Waals surface area contributed by atoms with Crippen molar-refractivity contribution in [2.24, 2.45) is 0 Å². The molecule has 0 unspecified atom stereocenters. The Bertz CT molecular complexity index is 623. The normalized spacial score (nSPS) is 21.9. The lowest BCUT2D eigenvalue weighted by molar-refractivity contribution is 0.112. The summed E-state index contributed by atoms with van der Waals surface area (Å²) in [5.41, 5.74) is 1.42. The van der Waals surface area contributed by atoms with Crippen molar-refractivity contribution in [3.63, 3.8) is 0 Å². The first-order valence-corrected chi connectivity index (χ1v) is 7.34. The van der Waals surface area contributed by atoms with Crippen LogP contribution in [0.1, 0.15) is 24.7 Å². The van der Waals surface area contributed by atoms with Crippen LogP contribution in [-0.2, 0) is 11.3 Å². The predicted molar refractivity (Wildman–Crippen MR) is 79.5 cm³/mol. The Morgan fingerprint density at radius 2 is 2.14 bits per heavy atom. The number of nitrogens with one attached hydrogen (secondary N) is 1. The van der Waals surface area contributed by atoms with E-state index in [1.165, 1.54) is 6.07 Å². The van der Waals surface area contributed by atoms with Crippen LogP contribution in [0.3, 0.4) is 0 Å². The first kappa shape index (κ1) is 14.3. The average Bonchev–Trinajstić information content (AvgIpc) is 3.09. The molecule has 4 heteroatoms. The van der Waals surface area contributed by atoms with Gasteiger partial charge in [0, 0.05) is 18.2 Å². The Labute approximate surface area is 124 Å². The molecule has 1 aromatic heterocycles. The molecule has 1 saturated heterocycles. The van der Waals surface area contributed by atoms with E-state index in [9.17, 15) is 4.39 Å². The Morgan fingerprint density at radius 1 is 1.29 bits per heavy atom. The van der Waals surface area contributed by atoms with Crippen LogP contribution < -0.4 is 5.32 Å². The van der Waals surface area contributed by atoms with Gasteiger partial charge in [-0.2, -0.15) is 0 Å². The molecule has 112 valence electrons. The summed E-state index contributed by atoms with van der Waals surface area (Å²) in [7, 11) is 0. The molecule has 1 aromatic carbocycles. The first-order valence-electron chi connectivity index (χ1n) is 7.34. The molecule has 0 amide bonds. The van der Waals surface area contributed by atoms with Crippen LogP contribution in [-0.4, -0.2) is 18.8 Å². The molecule has 0 radical (unpaired) electrons. The summed E-state index contributed by atoms with van der Waals surface area (Å²) >= 11 is 0. The highest BCUT2D eigenvalue weighted by Gasteiger charge is 2.23.